The quantitative estimate of drug-likeness (QED) is 0.472. The predicted molar refractivity (Wildman–Crippen MR) is 66.2 cm³/mol. The molecule has 2 heterocycles. The standard InChI is InChI=1S/C12H16N2O6/c1-5-4-14(11(18)13-9(5)17)10-7(16)12(19)3-2-6(15)8(12)20-10/h4,6-8,10,15-16,19H,2-3H2,1H3,(H,13,17,18)/t6-,7+,8?,10-,12+/m1/s1. The fourth-order valence-electron chi connectivity index (χ4n) is 2.99. The van der Waals surface area contributed by atoms with Crippen LogP contribution in [-0.2, 0) is 4.74 Å². The van der Waals surface area contributed by atoms with E-state index in [0.717, 1.165) is 4.57 Å². The molecule has 20 heavy (non-hydrogen) atoms. The van der Waals surface area contributed by atoms with Crippen molar-refractivity contribution in [2.75, 3.05) is 0 Å². The summed E-state index contributed by atoms with van der Waals surface area (Å²) in [5.41, 5.74) is -2.54. The van der Waals surface area contributed by atoms with Gasteiger partial charge >= 0.3 is 5.69 Å². The molecule has 1 aromatic heterocycles. The van der Waals surface area contributed by atoms with Crippen LogP contribution in [0.3, 0.4) is 0 Å². The van der Waals surface area contributed by atoms with Crippen molar-refractivity contribution in [2.24, 2.45) is 0 Å². The van der Waals surface area contributed by atoms with Crippen molar-refractivity contribution in [3.8, 4) is 0 Å². The SMILES string of the molecule is Cc1cn([C@@H]2OC3[C@H](O)CC[C@]3(O)[C@H]2O)c(=O)[nH]c1=O. The van der Waals surface area contributed by atoms with Crippen molar-refractivity contribution in [1.82, 2.24) is 9.55 Å². The number of hydrogen-bond donors (Lipinski definition) is 4. The second-order valence-corrected chi connectivity index (χ2v) is 5.47. The molecule has 0 amide bonds. The number of aromatic nitrogens is 2. The highest BCUT2D eigenvalue weighted by Gasteiger charge is 2.61. The number of rotatable bonds is 1. The summed E-state index contributed by atoms with van der Waals surface area (Å²) in [5.74, 6) is 0. The molecule has 1 saturated heterocycles. The number of nitrogens with zero attached hydrogens (tertiary/aromatic N) is 1. The first-order chi connectivity index (χ1) is 9.34. The van der Waals surface area contributed by atoms with E-state index in [2.05, 4.69) is 4.98 Å². The maximum atomic E-state index is 11.8. The van der Waals surface area contributed by atoms with Crippen LogP contribution < -0.4 is 11.2 Å². The van der Waals surface area contributed by atoms with Crippen LogP contribution in [0.1, 0.15) is 24.6 Å². The van der Waals surface area contributed by atoms with Crippen LogP contribution in [0, 0.1) is 6.92 Å². The topological polar surface area (TPSA) is 125 Å². The van der Waals surface area contributed by atoms with E-state index in [0.29, 0.717) is 6.42 Å². The molecule has 110 valence electrons. The minimum Gasteiger partial charge on any atom is -0.390 e. The van der Waals surface area contributed by atoms with E-state index >= 15 is 0 Å². The molecule has 5 atom stereocenters. The van der Waals surface area contributed by atoms with Crippen molar-refractivity contribution in [1.29, 1.82) is 0 Å². The van der Waals surface area contributed by atoms with Crippen molar-refractivity contribution in [2.45, 2.75) is 49.9 Å². The Hall–Kier alpha value is -1.48. The lowest BCUT2D eigenvalue weighted by molar-refractivity contribution is -0.0860. The van der Waals surface area contributed by atoms with E-state index in [-0.39, 0.29) is 12.0 Å². The van der Waals surface area contributed by atoms with Gasteiger partial charge in [0.25, 0.3) is 5.56 Å². The molecule has 3 rings (SSSR count). The van der Waals surface area contributed by atoms with Crippen LogP contribution in [0.15, 0.2) is 15.8 Å². The largest absolute Gasteiger partial charge is 0.390 e. The number of fused-ring (bicyclic) bond motifs is 1. The minimum atomic E-state index is -1.58. The molecule has 0 bridgehead atoms. The van der Waals surface area contributed by atoms with Gasteiger partial charge in [-0.1, -0.05) is 0 Å². The van der Waals surface area contributed by atoms with Crippen LogP contribution in [-0.4, -0.2) is 48.8 Å². The first-order valence-corrected chi connectivity index (χ1v) is 6.40. The van der Waals surface area contributed by atoms with Gasteiger partial charge in [0.05, 0.1) is 6.10 Å². The highest BCUT2D eigenvalue weighted by Crippen LogP contribution is 2.46. The Bertz CT molecular complexity index is 652. The zero-order valence-electron chi connectivity index (χ0n) is 10.8. The number of aromatic amines is 1. The van der Waals surface area contributed by atoms with Crippen LogP contribution in [0.4, 0.5) is 0 Å². The molecule has 8 nitrogen and oxygen atoms in total. The number of aliphatic hydroxyl groups excluding tert-OH is 2. The summed E-state index contributed by atoms with van der Waals surface area (Å²) < 4.78 is 6.50. The Labute approximate surface area is 113 Å². The third-order valence-corrected chi connectivity index (χ3v) is 4.17. The molecule has 0 radical (unpaired) electrons. The molecule has 8 heteroatoms. The van der Waals surface area contributed by atoms with Gasteiger partial charge in [0.2, 0.25) is 0 Å². The van der Waals surface area contributed by atoms with E-state index in [4.69, 9.17) is 4.74 Å². The smallest absolute Gasteiger partial charge is 0.330 e. The molecule has 1 aliphatic carbocycles. The highest BCUT2D eigenvalue weighted by molar-refractivity contribution is 5.11. The van der Waals surface area contributed by atoms with Gasteiger partial charge in [-0.25, -0.2) is 4.79 Å². The first-order valence-electron chi connectivity index (χ1n) is 6.40. The molecule has 1 unspecified atom stereocenters. The zero-order valence-corrected chi connectivity index (χ0v) is 10.8. The maximum Gasteiger partial charge on any atom is 0.330 e. The Kier molecular flexibility index (Phi) is 2.87. The lowest BCUT2D eigenvalue weighted by atomic mass is 9.94. The number of H-pyrrole nitrogens is 1. The average Bonchev–Trinajstić information content (AvgIpc) is 2.81. The normalized spacial score (nSPS) is 40.0. The van der Waals surface area contributed by atoms with E-state index in [1.54, 1.807) is 0 Å². The molecular formula is C12H16N2O6. The number of hydrogen-bond acceptors (Lipinski definition) is 6. The minimum absolute atomic E-state index is 0.188. The second-order valence-electron chi connectivity index (χ2n) is 5.47. The highest BCUT2D eigenvalue weighted by atomic mass is 16.6. The van der Waals surface area contributed by atoms with Gasteiger partial charge in [0.15, 0.2) is 6.23 Å². The summed E-state index contributed by atoms with van der Waals surface area (Å²) in [4.78, 5) is 25.3. The molecule has 0 spiro atoms. The fraction of sp³-hybridized carbons (Fsp3) is 0.667. The van der Waals surface area contributed by atoms with E-state index in [9.17, 15) is 24.9 Å². The fourth-order valence-corrected chi connectivity index (χ4v) is 2.99. The summed E-state index contributed by atoms with van der Waals surface area (Å²) in [6, 6.07) is 0. The second kappa shape index (κ2) is 4.26. The summed E-state index contributed by atoms with van der Waals surface area (Å²) in [5, 5.41) is 30.4. The Morgan fingerprint density at radius 1 is 1.45 bits per heavy atom. The molecule has 1 aromatic rings. The first kappa shape index (κ1) is 13.5. The Balaban J connectivity index is 2.03. The molecule has 1 aliphatic heterocycles. The molecule has 0 aromatic carbocycles. The van der Waals surface area contributed by atoms with Crippen LogP contribution in [0.25, 0.3) is 0 Å². The van der Waals surface area contributed by atoms with Crippen LogP contribution in [0.5, 0.6) is 0 Å². The molecule has 2 aliphatic rings. The number of aryl methyl sites for hydroxylation is 1. The van der Waals surface area contributed by atoms with Gasteiger partial charge in [0.1, 0.15) is 17.8 Å². The molecule has 4 N–H and O–H groups in total. The zero-order chi connectivity index (χ0) is 14.7. The van der Waals surface area contributed by atoms with Crippen molar-refractivity contribution < 1.29 is 20.1 Å². The van der Waals surface area contributed by atoms with Gasteiger partial charge in [-0.05, 0) is 19.8 Å². The maximum absolute atomic E-state index is 11.8. The monoisotopic (exact) mass is 284 g/mol. The van der Waals surface area contributed by atoms with Crippen molar-refractivity contribution >= 4 is 0 Å². The van der Waals surface area contributed by atoms with Gasteiger partial charge in [-0.3, -0.25) is 14.3 Å². The number of nitrogens with one attached hydrogen (secondary N) is 1. The Morgan fingerprint density at radius 2 is 2.15 bits per heavy atom. The summed E-state index contributed by atoms with van der Waals surface area (Å²) >= 11 is 0. The van der Waals surface area contributed by atoms with E-state index in [1.165, 1.54) is 13.1 Å². The van der Waals surface area contributed by atoms with Crippen molar-refractivity contribution in [3.63, 3.8) is 0 Å². The molecule has 1 saturated carbocycles. The molecule has 2 fully saturated rings. The van der Waals surface area contributed by atoms with E-state index in [1.807, 2.05) is 0 Å². The Morgan fingerprint density at radius 3 is 2.80 bits per heavy atom. The van der Waals surface area contributed by atoms with Crippen LogP contribution in [0.2, 0.25) is 0 Å². The van der Waals surface area contributed by atoms with Gasteiger partial charge < -0.3 is 20.1 Å². The van der Waals surface area contributed by atoms with E-state index < -0.39 is 41.4 Å². The third kappa shape index (κ3) is 1.69. The summed E-state index contributed by atoms with van der Waals surface area (Å²) in [6.45, 7) is 1.51. The van der Waals surface area contributed by atoms with Crippen LogP contribution >= 0.6 is 0 Å². The van der Waals surface area contributed by atoms with Gasteiger partial charge in [-0.2, -0.15) is 0 Å². The number of aliphatic hydroxyl groups is 3. The van der Waals surface area contributed by atoms with Gasteiger partial charge in [-0.15, -0.1) is 0 Å². The summed E-state index contributed by atoms with van der Waals surface area (Å²) in [7, 11) is 0. The van der Waals surface area contributed by atoms with Gasteiger partial charge in [0, 0.05) is 11.8 Å². The average molecular weight is 284 g/mol. The van der Waals surface area contributed by atoms with Crippen molar-refractivity contribution in [3.05, 3.63) is 32.6 Å². The third-order valence-electron chi connectivity index (χ3n) is 4.17. The number of ether oxygens (including phenoxy) is 1. The predicted octanol–water partition coefficient (Wildman–Crippen LogP) is -2.01. The lowest BCUT2D eigenvalue weighted by Gasteiger charge is -2.25. The lowest BCUT2D eigenvalue weighted by Crippen LogP contribution is -2.47. The molecular weight excluding hydrogens is 268 g/mol. The summed E-state index contributed by atoms with van der Waals surface area (Å²) in [6.07, 6.45) is -2.54.